The van der Waals surface area contributed by atoms with E-state index in [0.29, 0.717) is 30.2 Å². The maximum atomic E-state index is 11.8. The number of para-hydroxylation sites is 1. The number of hydrogen-bond acceptors (Lipinski definition) is 6. The molecule has 0 fully saturated rings. The van der Waals surface area contributed by atoms with Crippen LogP contribution in [-0.2, 0) is 27.2 Å². The van der Waals surface area contributed by atoms with Gasteiger partial charge in [-0.2, -0.15) is 0 Å². The molecule has 0 aliphatic rings. The highest BCUT2D eigenvalue weighted by Crippen LogP contribution is 2.24. The van der Waals surface area contributed by atoms with E-state index in [9.17, 15) is 4.79 Å². The van der Waals surface area contributed by atoms with Crippen molar-refractivity contribution in [2.45, 2.75) is 33.7 Å². The zero-order chi connectivity index (χ0) is 21.9. The fourth-order valence-corrected chi connectivity index (χ4v) is 2.83. The van der Waals surface area contributed by atoms with E-state index >= 15 is 0 Å². The molecule has 0 spiro atoms. The third kappa shape index (κ3) is 6.60. The van der Waals surface area contributed by atoms with Gasteiger partial charge in [0.2, 0.25) is 5.90 Å². The number of oxime groups is 1. The Balaban J connectivity index is 2.08. The van der Waals surface area contributed by atoms with Gasteiger partial charge in [-0.1, -0.05) is 49.1 Å². The summed E-state index contributed by atoms with van der Waals surface area (Å²) in [7, 11) is 0. The lowest BCUT2D eigenvalue weighted by Crippen LogP contribution is -2.09. The second kappa shape index (κ2) is 11.6. The Morgan fingerprint density at radius 1 is 1.20 bits per heavy atom. The van der Waals surface area contributed by atoms with Crippen molar-refractivity contribution in [2.75, 3.05) is 6.61 Å². The summed E-state index contributed by atoms with van der Waals surface area (Å²) >= 11 is 0. The number of ether oxygens (including phenoxy) is 2. The average molecular weight is 408 g/mol. The summed E-state index contributed by atoms with van der Waals surface area (Å²) in [5.41, 5.74) is 9.23. The molecule has 2 aromatic carbocycles. The highest BCUT2D eigenvalue weighted by atomic mass is 16.7. The molecule has 0 saturated heterocycles. The molecule has 2 aromatic rings. The van der Waals surface area contributed by atoms with Crippen LogP contribution in [0.4, 0.5) is 0 Å². The van der Waals surface area contributed by atoms with Gasteiger partial charge in [0, 0.05) is 24.6 Å². The molecule has 30 heavy (non-hydrogen) atoms. The van der Waals surface area contributed by atoms with Crippen molar-refractivity contribution in [1.82, 2.24) is 0 Å². The van der Waals surface area contributed by atoms with Crippen molar-refractivity contribution in [3.8, 4) is 5.75 Å². The van der Waals surface area contributed by atoms with Gasteiger partial charge in [0.15, 0.2) is 5.75 Å². The molecular formula is C24H28N2O4. The summed E-state index contributed by atoms with van der Waals surface area (Å²) in [4.78, 5) is 17.3. The van der Waals surface area contributed by atoms with Gasteiger partial charge in [-0.25, -0.2) is 0 Å². The number of hydrogen-bond donors (Lipinski definition) is 1. The Labute approximate surface area is 177 Å². The smallest absolute Gasteiger partial charge is 0.310 e. The zero-order valence-corrected chi connectivity index (χ0v) is 17.7. The molecule has 0 aromatic heterocycles. The highest BCUT2D eigenvalue weighted by Gasteiger charge is 2.11. The van der Waals surface area contributed by atoms with Gasteiger partial charge in [0.05, 0.1) is 13.0 Å². The van der Waals surface area contributed by atoms with E-state index in [1.807, 2.05) is 43.3 Å². The Morgan fingerprint density at radius 2 is 1.97 bits per heavy atom. The molecule has 2 N–H and O–H groups in total. The van der Waals surface area contributed by atoms with Crippen LogP contribution in [0.3, 0.4) is 0 Å². The molecule has 0 heterocycles. The molecule has 0 saturated carbocycles. The number of carbonyl (C=O) groups is 1. The molecule has 0 aliphatic carbocycles. The van der Waals surface area contributed by atoms with Crippen molar-refractivity contribution in [2.24, 2.45) is 10.9 Å². The number of carbonyl (C=O) groups excluding carboxylic acids is 1. The highest BCUT2D eigenvalue weighted by molar-refractivity contribution is 5.82. The molecule has 0 atom stereocenters. The van der Waals surface area contributed by atoms with Crippen LogP contribution in [0.2, 0.25) is 0 Å². The predicted molar refractivity (Wildman–Crippen MR) is 119 cm³/mol. The van der Waals surface area contributed by atoms with Crippen LogP contribution < -0.4 is 10.6 Å². The summed E-state index contributed by atoms with van der Waals surface area (Å²) in [6.45, 7) is 10.1. The van der Waals surface area contributed by atoms with Crippen LogP contribution in [0.25, 0.3) is 5.57 Å². The van der Waals surface area contributed by atoms with Crippen LogP contribution in [0.5, 0.6) is 5.75 Å². The van der Waals surface area contributed by atoms with E-state index in [4.69, 9.17) is 20.0 Å². The summed E-state index contributed by atoms with van der Waals surface area (Å²) in [6.07, 6.45) is 2.02. The Kier molecular flexibility index (Phi) is 8.84. The van der Waals surface area contributed by atoms with Gasteiger partial charge in [-0.05, 0) is 42.3 Å². The third-order valence-electron chi connectivity index (χ3n) is 4.22. The molecule has 6 nitrogen and oxygen atoms in total. The second-order valence-corrected chi connectivity index (χ2v) is 6.42. The van der Waals surface area contributed by atoms with Gasteiger partial charge in [0.25, 0.3) is 0 Å². The lowest BCUT2D eigenvalue weighted by Gasteiger charge is -2.13. The van der Waals surface area contributed by atoms with Gasteiger partial charge in [-0.15, -0.1) is 0 Å². The summed E-state index contributed by atoms with van der Waals surface area (Å²) in [5, 5.41) is 4.03. The quantitative estimate of drug-likeness (QED) is 0.164. The van der Waals surface area contributed by atoms with Crippen LogP contribution in [0.15, 0.2) is 72.1 Å². The minimum Gasteiger partial charge on any atom is -0.466 e. The number of benzene rings is 2. The van der Waals surface area contributed by atoms with Crippen LogP contribution in [-0.4, -0.2) is 18.5 Å². The Morgan fingerprint density at radius 3 is 2.67 bits per heavy atom. The number of allylic oxidation sites excluding steroid dienone is 2. The van der Waals surface area contributed by atoms with Gasteiger partial charge >= 0.3 is 5.97 Å². The molecule has 0 aliphatic heterocycles. The number of rotatable bonds is 9. The zero-order valence-electron chi connectivity index (χ0n) is 17.7. The van der Waals surface area contributed by atoms with E-state index < -0.39 is 0 Å². The van der Waals surface area contributed by atoms with Crippen molar-refractivity contribution in [3.63, 3.8) is 0 Å². The first kappa shape index (κ1) is 22.9. The molecule has 2 rings (SSSR count). The van der Waals surface area contributed by atoms with Crippen molar-refractivity contribution < 1.29 is 19.1 Å². The lowest BCUT2D eigenvalue weighted by atomic mass is 10.0. The largest absolute Gasteiger partial charge is 0.466 e. The monoisotopic (exact) mass is 408 g/mol. The van der Waals surface area contributed by atoms with E-state index in [1.54, 1.807) is 32.0 Å². The van der Waals surface area contributed by atoms with E-state index in [2.05, 4.69) is 11.7 Å². The average Bonchev–Trinajstić information content (AvgIpc) is 2.74. The van der Waals surface area contributed by atoms with Gasteiger partial charge in [-0.3, -0.25) is 4.79 Å². The van der Waals surface area contributed by atoms with Crippen molar-refractivity contribution in [1.29, 1.82) is 0 Å². The third-order valence-corrected chi connectivity index (χ3v) is 4.22. The molecule has 0 radical (unpaired) electrons. The standard InChI is InChI=1S/C24H28N2O4/c1-5-22(20-12-9-10-19(14-20)16-25)17(3)29-18(4)26-30-23-13-8-7-11-21(23)15-24(27)28-6-2/h5,7-14H,3,6,15-16,25H2,1-2,4H3/b22-5+,26-18-. The fraction of sp³-hybridized carbons (Fsp3) is 0.250. The normalized spacial score (nSPS) is 11.7. The topological polar surface area (TPSA) is 83.1 Å². The maximum Gasteiger partial charge on any atom is 0.310 e. The molecular weight excluding hydrogens is 380 g/mol. The number of nitrogens with two attached hydrogens (primary N) is 1. The van der Waals surface area contributed by atoms with E-state index in [1.165, 1.54) is 0 Å². The van der Waals surface area contributed by atoms with Gasteiger partial charge in [0.1, 0.15) is 5.76 Å². The fourth-order valence-electron chi connectivity index (χ4n) is 2.83. The summed E-state index contributed by atoms with van der Waals surface area (Å²) in [6, 6.07) is 15.0. The lowest BCUT2D eigenvalue weighted by molar-refractivity contribution is -0.142. The first-order valence-corrected chi connectivity index (χ1v) is 9.76. The van der Waals surface area contributed by atoms with Crippen molar-refractivity contribution >= 4 is 17.4 Å². The molecule has 0 unspecified atom stereocenters. The van der Waals surface area contributed by atoms with Crippen molar-refractivity contribution in [3.05, 3.63) is 83.6 Å². The Bertz CT molecular complexity index is 948. The number of esters is 1. The second-order valence-electron chi connectivity index (χ2n) is 6.42. The molecule has 6 heteroatoms. The molecule has 0 bridgehead atoms. The van der Waals surface area contributed by atoms with Crippen LogP contribution in [0, 0.1) is 0 Å². The van der Waals surface area contributed by atoms with Crippen LogP contribution >= 0.6 is 0 Å². The number of nitrogens with zero attached hydrogens (tertiary/aromatic N) is 1. The van der Waals surface area contributed by atoms with Gasteiger partial charge < -0.3 is 20.0 Å². The van der Waals surface area contributed by atoms with E-state index in [-0.39, 0.29) is 18.3 Å². The molecule has 0 amide bonds. The maximum absolute atomic E-state index is 11.8. The first-order chi connectivity index (χ1) is 14.5. The molecule has 158 valence electrons. The Hall–Kier alpha value is -3.38. The predicted octanol–water partition coefficient (Wildman–Crippen LogP) is 4.60. The minimum atomic E-state index is -0.323. The van der Waals surface area contributed by atoms with Crippen LogP contribution in [0.1, 0.15) is 37.5 Å². The summed E-state index contributed by atoms with van der Waals surface area (Å²) in [5.74, 6) is 0.855. The SMILES string of the molecule is C=C(O/C(C)=N\Oc1ccccc1CC(=O)OCC)/C(=C\C)c1cccc(CN)c1. The minimum absolute atomic E-state index is 0.104. The first-order valence-electron chi connectivity index (χ1n) is 9.76. The summed E-state index contributed by atoms with van der Waals surface area (Å²) < 4.78 is 10.7. The van der Waals surface area contributed by atoms with E-state index in [0.717, 1.165) is 16.7 Å².